The number of aromatic amines is 1. The molecule has 45 heavy (non-hydrogen) atoms. The van der Waals surface area contributed by atoms with Gasteiger partial charge in [-0.05, 0) is 81.6 Å². The van der Waals surface area contributed by atoms with Crippen molar-refractivity contribution in [2.24, 2.45) is 0 Å². The molecule has 1 atom stereocenters. The Morgan fingerprint density at radius 3 is 2.29 bits per heavy atom. The van der Waals surface area contributed by atoms with Gasteiger partial charge in [0, 0.05) is 35.5 Å². The van der Waals surface area contributed by atoms with Crippen molar-refractivity contribution in [3.63, 3.8) is 0 Å². The lowest BCUT2D eigenvalue weighted by Crippen LogP contribution is -2.31. The second kappa shape index (κ2) is 12.0. The zero-order valence-corrected chi connectivity index (χ0v) is 26.9. The number of para-hydroxylation sites is 1. The van der Waals surface area contributed by atoms with Gasteiger partial charge in [0.15, 0.2) is 5.37 Å². The minimum Gasteiger partial charge on any atom is -0.461 e. The van der Waals surface area contributed by atoms with Gasteiger partial charge < -0.3 is 24.5 Å². The van der Waals surface area contributed by atoms with E-state index in [2.05, 4.69) is 4.98 Å². The zero-order valence-electron chi connectivity index (χ0n) is 26.0. The smallest absolute Gasteiger partial charge is 0.354 e. The van der Waals surface area contributed by atoms with Crippen LogP contribution in [0, 0.1) is 13.8 Å². The summed E-state index contributed by atoms with van der Waals surface area (Å²) in [5.74, 6) is 0.536. The molecular weight excluding hydrogens is 592 g/mol. The molecule has 1 aliphatic rings. The Balaban J connectivity index is 1.73. The summed E-state index contributed by atoms with van der Waals surface area (Å²) in [6.45, 7) is 9.09. The molecule has 0 saturated heterocycles. The Labute approximate surface area is 263 Å². The minimum absolute atomic E-state index is 0.0168. The highest BCUT2D eigenvalue weighted by Gasteiger charge is 2.40. The second-order valence-corrected chi connectivity index (χ2v) is 13.6. The maximum Gasteiger partial charge on any atom is 0.354 e. The average molecular weight is 629 g/mol. The number of esters is 1. The number of sulfone groups is 1. The third-order valence-electron chi connectivity index (χ3n) is 7.82. The number of aldehydes is 1. The molecule has 0 amide bonds. The molecule has 1 aromatic heterocycles. The number of H-pyrrole nitrogens is 1. The molecule has 0 aliphatic carbocycles. The molecule has 0 saturated carbocycles. The summed E-state index contributed by atoms with van der Waals surface area (Å²) >= 11 is 0. The largest absolute Gasteiger partial charge is 0.461 e. The fourth-order valence-electron chi connectivity index (χ4n) is 5.49. The highest BCUT2D eigenvalue weighted by Crippen LogP contribution is 2.46. The summed E-state index contributed by atoms with van der Waals surface area (Å²) in [5.41, 5.74) is 3.63. The Kier molecular flexibility index (Phi) is 8.48. The Hall–Kier alpha value is -4.67. The first-order valence-electron chi connectivity index (χ1n) is 14.5. The van der Waals surface area contributed by atoms with E-state index in [0.717, 1.165) is 11.1 Å². The maximum absolute atomic E-state index is 14.1. The standard InChI is InChI=1S/C35H36N2O7S/c1-7-43-34(39)29-18-27-28(19-37(6)33(31(27)36-29)45(41,42)25-14-11-23(20-38)12-15-25)26-17-24(35(4,5)40)13-16-30(26)44-32-21(2)9-8-10-22(32)3/h8-20,33,36,40H,7H2,1-6H3. The summed E-state index contributed by atoms with van der Waals surface area (Å²) in [5, 5.41) is 9.70. The predicted molar refractivity (Wildman–Crippen MR) is 171 cm³/mol. The van der Waals surface area contributed by atoms with Crippen molar-refractivity contribution in [1.29, 1.82) is 0 Å². The van der Waals surface area contributed by atoms with Crippen molar-refractivity contribution in [3.05, 3.63) is 118 Å². The van der Waals surface area contributed by atoms with Gasteiger partial charge in [-0.1, -0.05) is 36.4 Å². The minimum atomic E-state index is -4.07. The SMILES string of the molecule is CCOC(=O)c1cc2c([nH]1)C(S(=O)(=O)c1ccc(C=O)cc1)N(C)C=C2c1cc(C(C)(C)O)ccc1Oc1c(C)cccc1C. The lowest BCUT2D eigenvalue weighted by Gasteiger charge is -2.33. The fourth-order valence-corrected chi connectivity index (χ4v) is 7.25. The van der Waals surface area contributed by atoms with Gasteiger partial charge in [0.1, 0.15) is 23.5 Å². The molecule has 234 valence electrons. The molecular formula is C35H36N2O7S. The van der Waals surface area contributed by atoms with Gasteiger partial charge in [-0.2, -0.15) is 0 Å². The lowest BCUT2D eigenvalue weighted by molar-refractivity contribution is 0.0519. The maximum atomic E-state index is 14.1. The molecule has 3 aromatic carbocycles. The Bertz CT molecular complexity index is 1900. The number of aliphatic hydroxyl groups is 1. The van der Waals surface area contributed by atoms with Crippen LogP contribution in [-0.4, -0.2) is 49.3 Å². The molecule has 9 nitrogen and oxygen atoms in total. The van der Waals surface area contributed by atoms with Crippen molar-refractivity contribution in [3.8, 4) is 11.5 Å². The van der Waals surface area contributed by atoms with Gasteiger partial charge in [-0.3, -0.25) is 4.79 Å². The van der Waals surface area contributed by atoms with Crippen molar-refractivity contribution < 1.29 is 32.6 Å². The van der Waals surface area contributed by atoms with Crippen LogP contribution in [0.25, 0.3) is 5.57 Å². The van der Waals surface area contributed by atoms with Crippen molar-refractivity contribution >= 4 is 27.7 Å². The number of fused-ring (bicyclic) bond motifs is 1. The molecule has 1 aliphatic heterocycles. The van der Waals surface area contributed by atoms with Crippen LogP contribution in [0.5, 0.6) is 11.5 Å². The third kappa shape index (κ3) is 6.03. The van der Waals surface area contributed by atoms with Gasteiger partial charge in [-0.15, -0.1) is 0 Å². The first-order chi connectivity index (χ1) is 21.3. The average Bonchev–Trinajstić information content (AvgIpc) is 3.43. The van der Waals surface area contributed by atoms with E-state index in [9.17, 15) is 23.1 Å². The monoisotopic (exact) mass is 628 g/mol. The normalized spacial score (nSPS) is 14.9. The number of carbonyl (C=O) groups excluding carboxylic acids is 2. The summed E-state index contributed by atoms with van der Waals surface area (Å²) < 4.78 is 40.0. The number of nitrogens with zero attached hydrogens (tertiary/aromatic N) is 1. The van der Waals surface area contributed by atoms with Crippen LogP contribution in [0.3, 0.4) is 0 Å². The van der Waals surface area contributed by atoms with Crippen LogP contribution in [0.15, 0.2) is 77.8 Å². The quantitative estimate of drug-likeness (QED) is 0.160. The predicted octanol–water partition coefficient (Wildman–Crippen LogP) is 6.45. The molecule has 10 heteroatoms. The molecule has 4 aromatic rings. The van der Waals surface area contributed by atoms with Gasteiger partial charge in [0.2, 0.25) is 9.84 Å². The van der Waals surface area contributed by atoms with E-state index in [0.29, 0.717) is 45.6 Å². The molecule has 5 rings (SSSR count). The Morgan fingerprint density at radius 1 is 1.02 bits per heavy atom. The van der Waals surface area contributed by atoms with E-state index >= 15 is 0 Å². The molecule has 0 fully saturated rings. The molecule has 2 heterocycles. The number of aryl methyl sites for hydroxylation is 2. The van der Waals surface area contributed by atoms with Gasteiger partial charge in [0.05, 0.1) is 22.8 Å². The number of benzene rings is 3. The number of rotatable bonds is 9. The van der Waals surface area contributed by atoms with Crippen LogP contribution in [-0.2, 0) is 20.2 Å². The summed E-state index contributed by atoms with van der Waals surface area (Å²) in [7, 11) is -2.43. The lowest BCUT2D eigenvalue weighted by atomic mass is 9.90. The molecule has 1 unspecified atom stereocenters. The second-order valence-electron chi connectivity index (χ2n) is 11.6. The highest BCUT2D eigenvalue weighted by molar-refractivity contribution is 7.91. The number of hydrogen-bond acceptors (Lipinski definition) is 8. The van der Waals surface area contributed by atoms with E-state index in [1.807, 2.05) is 38.1 Å². The van der Waals surface area contributed by atoms with Crippen molar-refractivity contribution in [2.45, 2.75) is 50.5 Å². The molecule has 0 spiro atoms. The van der Waals surface area contributed by atoms with Crippen LogP contribution in [0.2, 0.25) is 0 Å². The zero-order chi connectivity index (χ0) is 32.7. The summed E-state index contributed by atoms with van der Waals surface area (Å²) in [4.78, 5) is 28.8. The first-order valence-corrected chi connectivity index (χ1v) is 16.1. The number of ether oxygens (including phenoxy) is 2. The molecule has 0 radical (unpaired) electrons. The molecule has 2 N–H and O–H groups in total. The number of aromatic nitrogens is 1. The van der Waals surface area contributed by atoms with E-state index < -0.39 is 26.8 Å². The van der Waals surface area contributed by atoms with E-state index in [1.165, 1.54) is 24.3 Å². The topological polar surface area (TPSA) is 126 Å². The van der Waals surface area contributed by atoms with Gasteiger partial charge in [-0.25, -0.2) is 13.2 Å². The van der Waals surface area contributed by atoms with Crippen LogP contribution in [0.4, 0.5) is 0 Å². The van der Waals surface area contributed by atoms with Crippen LogP contribution in [0.1, 0.15) is 80.5 Å². The van der Waals surface area contributed by atoms with Gasteiger partial charge >= 0.3 is 5.97 Å². The fraction of sp³-hybridized carbons (Fsp3) is 0.257. The number of nitrogens with one attached hydrogen (secondary N) is 1. The highest BCUT2D eigenvalue weighted by atomic mass is 32.2. The number of hydrogen-bond donors (Lipinski definition) is 2. The van der Waals surface area contributed by atoms with Crippen LogP contribution < -0.4 is 4.74 Å². The van der Waals surface area contributed by atoms with Crippen molar-refractivity contribution in [2.75, 3.05) is 13.7 Å². The van der Waals surface area contributed by atoms with E-state index in [4.69, 9.17) is 9.47 Å². The van der Waals surface area contributed by atoms with Crippen LogP contribution >= 0.6 is 0 Å². The summed E-state index contributed by atoms with van der Waals surface area (Å²) in [6.07, 6.45) is 2.35. The van der Waals surface area contributed by atoms with Gasteiger partial charge in [0.25, 0.3) is 0 Å². The van der Waals surface area contributed by atoms with Crippen molar-refractivity contribution in [1.82, 2.24) is 9.88 Å². The van der Waals surface area contributed by atoms with E-state index in [-0.39, 0.29) is 22.9 Å². The first kappa shape index (κ1) is 31.7. The number of carbonyl (C=O) groups is 2. The Morgan fingerprint density at radius 2 is 1.69 bits per heavy atom. The molecule has 0 bridgehead atoms. The third-order valence-corrected chi connectivity index (χ3v) is 9.90. The summed E-state index contributed by atoms with van der Waals surface area (Å²) in [6, 6.07) is 18.5. The van der Waals surface area contributed by atoms with E-state index in [1.54, 1.807) is 57.1 Å².